The number of nitrogens with zero attached hydrogens (tertiary/aromatic N) is 1. The number of hydrogen-bond donors (Lipinski definition) is 1. The fourth-order valence-corrected chi connectivity index (χ4v) is 2.90. The first-order chi connectivity index (χ1) is 8.40. The Bertz CT molecular complexity index is 201. The highest BCUT2D eigenvalue weighted by Crippen LogP contribution is 2.23. The van der Waals surface area contributed by atoms with E-state index in [0.717, 1.165) is 26.1 Å². The molecule has 1 saturated carbocycles. The van der Waals surface area contributed by atoms with Crippen molar-refractivity contribution in [3.05, 3.63) is 0 Å². The van der Waals surface area contributed by atoms with Gasteiger partial charge in [0.2, 0.25) is 0 Å². The van der Waals surface area contributed by atoms with E-state index in [-0.39, 0.29) is 12.7 Å². The lowest BCUT2D eigenvalue weighted by Gasteiger charge is -2.37. The van der Waals surface area contributed by atoms with Crippen LogP contribution >= 0.6 is 0 Å². The van der Waals surface area contributed by atoms with Crippen LogP contribution in [0.4, 0.5) is 0 Å². The van der Waals surface area contributed by atoms with E-state index in [1.807, 2.05) is 0 Å². The third-order valence-electron chi connectivity index (χ3n) is 3.89. The van der Waals surface area contributed by atoms with Crippen molar-refractivity contribution >= 4 is 0 Å². The first-order valence-corrected chi connectivity index (χ1v) is 6.94. The normalized spacial score (nSPS) is 27.5. The summed E-state index contributed by atoms with van der Waals surface area (Å²) >= 11 is 0. The molecule has 0 radical (unpaired) electrons. The number of aliphatic hydroxyl groups is 1. The SMILES string of the molecule is OCCN(CC1CCOCO1)C1CCCCC1. The highest BCUT2D eigenvalue weighted by atomic mass is 16.7. The van der Waals surface area contributed by atoms with Gasteiger partial charge in [-0.1, -0.05) is 19.3 Å². The summed E-state index contributed by atoms with van der Waals surface area (Å²) in [6, 6.07) is 0.655. The van der Waals surface area contributed by atoms with Gasteiger partial charge in [0.15, 0.2) is 0 Å². The van der Waals surface area contributed by atoms with Crippen LogP contribution in [0.15, 0.2) is 0 Å². The summed E-state index contributed by atoms with van der Waals surface area (Å²) in [5.41, 5.74) is 0. The Balaban J connectivity index is 1.81. The summed E-state index contributed by atoms with van der Waals surface area (Å²) < 4.78 is 10.8. The molecule has 100 valence electrons. The van der Waals surface area contributed by atoms with E-state index in [4.69, 9.17) is 9.47 Å². The van der Waals surface area contributed by atoms with Crippen LogP contribution in [0.25, 0.3) is 0 Å². The molecular formula is C13H25NO3. The van der Waals surface area contributed by atoms with E-state index in [9.17, 15) is 5.11 Å². The molecule has 0 aromatic carbocycles. The lowest BCUT2D eigenvalue weighted by atomic mass is 9.94. The van der Waals surface area contributed by atoms with Crippen molar-refractivity contribution in [1.82, 2.24) is 4.90 Å². The summed E-state index contributed by atoms with van der Waals surface area (Å²) in [5.74, 6) is 0. The Morgan fingerprint density at radius 3 is 2.59 bits per heavy atom. The van der Waals surface area contributed by atoms with Gasteiger partial charge in [0.1, 0.15) is 6.79 Å². The fourth-order valence-electron chi connectivity index (χ4n) is 2.90. The smallest absolute Gasteiger partial charge is 0.147 e. The van der Waals surface area contributed by atoms with Gasteiger partial charge in [-0.05, 0) is 19.3 Å². The van der Waals surface area contributed by atoms with Crippen LogP contribution in [0.1, 0.15) is 38.5 Å². The minimum Gasteiger partial charge on any atom is -0.395 e. The predicted octanol–water partition coefficient (Wildman–Crippen LogP) is 1.38. The molecule has 4 nitrogen and oxygen atoms in total. The topological polar surface area (TPSA) is 41.9 Å². The number of hydrogen-bond acceptors (Lipinski definition) is 4. The zero-order chi connectivity index (χ0) is 11.9. The second-order valence-electron chi connectivity index (χ2n) is 5.11. The van der Waals surface area contributed by atoms with Crippen LogP contribution in [0, 0.1) is 0 Å². The highest BCUT2D eigenvalue weighted by molar-refractivity contribution is 4.78. The maximum Gasteiger partial charge on any atom is 0.147 e. The number of aliphatic hydroxyl groups excluding tert-OH is 1. The molecule has 1 aliphatic carbocycles. The van der Waals surface area contributed by atoms with Gasteiger partial charge in [-0.15, -0.1) is 0 Å². The van der Waals surface area contributed by atoms with Crippen molar-refractivity contribution in [3.63, 3.8) is 0 Å². The van der Waals surface area contributed by atoms with Crippen molar-refractivity contribution < 1.29 is 14.6 Å². The third-order valence-corrected chi connectivity index (χ3v) is 3.89. The van der Waals surface area contributed by atoms with Gasteiger partial charge in [0.25, 0.3) is 0 Å². The molecule has 1 N–H and O–H groups in total. The van der Waals surface area contributed by atoms with Gasteiger partial charge in [0.05, 0.1) is 19.3 Å². The van der Waals surface area contributed by atoms with Gasteiger partial charge in [-0.3, -0.25) is 4.90 Å². The molecule has 0 aromatic rings. The zero-order valence-electron chi connectivity index (χ0n) is 10.6. The van der Waals surface area contributed by atoms with E-state index in [1.165, 1.54) is 32.1 Å². The van der Waals surface area contributed by atoms with Crippen LogP contribution in [0.3, 0.4) is 0 Å². The molecule has 0 bridgehead atoms. The molecule has 17 heavy (non-hydrogen) atoms. The van der Waals surface area contributed by atoms with E-state index in [2.05, 4.69) is 4.90 Å². The van der Waals surface area contributed by atoms with Crippen molar-refractivity contribution in [2.45, 2.75) is 50.7 Å². The molecule has 1 atom stereocenters. The molecule has 1 aliphatic heterocycles. The molecule has 2 rings (SSSR count). The molecule has 1 saturated heterocycles. The summed E-state index contributed by atoms with van der Waals surface area (Å²) in [6.07, 6.45) is 7.87. The summed E-state index contributed by atoms with van der Waals surface area (Å²) in [7, 11) is 0. The lowest BCUT2D eigenvalue weighted by Crippen LogP contribution is -2.45. The van der Waals surface area contributed by atoms with Gasteiger partial charge in [0, 0.05) is 19.1 Å². The van der Waals surface area contributed by atoms with Crippen molar-refractivity contribution in [1.29, 1.82) is 0 Å². The second-order valence-corrected chi connectivity index (χ2v) is 5.11. The highest BCUT2D eigenvalue weighted by Gasteiger charge is 2.24. The molecule has 2 aliphatic rings. The number of ether oxygens (including phenoxy) is 2. The summed E-state index contributed by atoms with van der Waals surface area (Å²) in [5, 5.41) is 9.19. The number of rotatable bonds is 5. The fraction of sp³-hybridized carbons (Fsp3) is 1.00. The Morgan fingerprint density at radius 1 is 1.12 bits per heavy atom. The van der Waals surface area contributed by atoms with Crippen LogP contribution in [-0.4, -0.2) is 55.2 Å². The predicted molar refractivity (Wildman–Crippen MR) is 65.8 cm³/mol. The van der Waals surface area contributed by atoms with Crippen molar-refractivity contribution in [2.75, 3.05) is 33.1 Å². The van der Waals surface area contributed by atoms with Crippen LogP contribution in [-0.2, 0) is 9.47 Å². The standard InChI is InChI=1S/C13H25NO3/c15-8-7-14(12-4-2-1-3-5-12)10-13-6-9-16-11-17-13/h12-13,15H,1-11H2. The monoisotopic (exact) mass is 243 g/mol. The summed E-state index contributed by atoms with van der Waals surface area (Å²) in [4.78, 5) is 2.43. The Kier molecular flexibility index (Phi) is 5.71. The maximum atomic E-state index is 9.19. The largest absolute Gasteiger partial charge is 0.395 e. The Labute approximate surface area is 104 Å². The molecule has 0 spiro atoms. The first-order valence-electron chi connectivity index (χ1n) is 6.94. The zero-order valence-corrected chi connectivity index (χ0v) is 10.6. The average molecular weight is 243 g/mol. The Morgan fingerprint density at radius 2 is 1.94 bits per heavy atom. The molecule has 4 heteroatoms. The van der Waals surface area contributed by atoms with Gasteiger partial charge in [-0.2, -0.15) is 0 Å². The molecule has 0 aromatic heterocycles. The minimum atomic E-state index is 0.250. The van der Waals surface area contributed by atoms with E-state index in [1.54, 1.807) is 0 Å². The molecule has 1 unspecified atom stereocenters. The van der Waals surface area contributed by atoms with Gasteiger partial charge >= 0.3 is 0 Å². The molecular weight excluding hydrogens is 218 g/mol. The first kappa shape index (κ1) is 13.3. The molecule has 2 fully saturated rings. The average Bonchev–Trinajstić information content (AvgIpc) is 2.40. The van der Waals surface area contributed by atoms with Crippen LogP contribution in [0.5, 0.6) is 0 Å². The van der Waals surface area contributed by atoms with Crippen LogP contribution < -0.4 is 0 Å². The quantitative estimate of drug-likeness (QED) is 0.792. The maximum absolute atomic E-state index is 9.19. The molecule has 1 heterocycles. The minimum absolute atomic E-state index is 0.250. The Hall–Kier alpha value is -0.160. The van der Waals surface area contributed by atoms with E-state index in [0.29, 0.717) is 12.8 Å². The van der Waals surface area contributed by atoms with Gasteiger partial charge in [-0.25, -0.2) is 0 Å². The van der Waals surface area contributed by atoms with E-state index >= 15 is 0 Å². The lowest BCUT2D eigenvalue weighted by molar-refractivity contribution is -0.147. The third kappa shape index (κ3) is 4.21. The van der Waals surface area contributed by atoms with Crippen molar-refractivity contribution in [3.8, 4) is 0 Å². The summed E-state index contributed by atoms with van der Waals surface area (Å²) in [6.45, 7) is 3.23. The van der Waals surface area contributed by atoms with Crippen molar-refractivity contribution in [2.24, 2.45) is 0 Å². The second kappa shape index (κ2) is 7.31. The van der Waals surface area contributed by atoms with Gasteiger partial charge < -0.3 is 14.6 Å². The van der Waals surface area contributed by atoms with E-state index < -0.39 is 0 Å². The molecule has 0 amide bonds. The van der Waals surface area contributed by atoms with Crippen LogP contribution in [0.2, 0.25) is 0 Å².